The van der Waals surface area contributed by atoms with E-state index in [1.54, 1.807) is 0 Å². The zero-order valence-electron chi connectivity index (χ0n) is 15.7. The quantitative estimate of drug-likeness (QED) is 0.738. The van der Waals surface area contributed by atoms with Gasteiger partial charge in [-0.25, -0.2) is 9.07 Å². The Morgan fingerprint density at radius 2 is 1.85 bits per heavy atom. The average Bonchev–Trinajstić information content (AvgIpc) is 3.36. The van der Waals surface area contributed by atoms with Crippen molar-refractivity contribution in [3.63, 3.8) is 0 Å². The highest BCUT2D eigenvalue weighted by Crippen LogP contribution is 2.24. The maximum Gasteiger partial charge on any atom is 0.150 e. The van der Waals surface area contributed by atoms with Crippen LogP contribution in [0.5, 0.6) is 0 Å². The van der Waals surface area contributed by atoms with Crippen LogP contribution in [0, 0.1) is 5.82 Å². The Morgan fingerprint density at radius 3 is 2.59 bits per heavy atom. The Bertz CT molecular complexity index is 706. The minimum atomic E-state index is -0.197. The zero-order chi connectivity index (χ0) is 18.5. The molecule has 0 N–H and O–H groups in total. The van der Waals surface area contributed by atoms with E-state index in [-0.39, 0.29) is 18.1 Å². The third kappa shape index (κ3) is 4.94. The highest BCUT2D eigenvalue weighted by atomic mass is 19.1. The molecule has 0 radical (unpaired) electrons. The zero-order valence-corrected chi connectivity index (χ0v) is 15.7. The minimum absolute atomic E-state index is 0.0409. The first kappa shape index (κ1) is 18.6. The van der Waals surface area contributed by atoms with E-state index >= 15 is 0 Å². The van der Waals surface area contributed by atoms with E-state index in [2.05, 4.69) is 16.1 Å². The molecule has 0 saturated carbocycles. The van der Waals surface area contributed by atoms with Crippen LogP contribution in [0.25, 0.3) is 0 Å². The molecular formula is C21H28FN3O2. The molecule has 4 rings (SSSR count). The molecule has 27 heavy (non-hydrogen) atoms. The Hall–Kier alpha value is -1.76. The summed E-state index contributed by atoms with van der Waals surface area (Å²) in [6.45, 7) is 4.06. The maximum absolute atomic E-state index is 13.3. The summed E-state index contributed by atoms with van der Waals surface area (Å²) in [5.74, 6) is -0.197. The first-order valence-electron chi connectivity index (χ1n) is 10.0. The van der Waals surface area contributed by atoms with E-state index in [0.29, 0.717) is 0 Å². The highest BCUT2D eigenvalue weighted by molar-refractivity contribution is 5.16. The molecule has 1 aromatic heterocycles. The van der Waals surface area contributed by atoms with Crippen LogP contribution in [0.15, 0.2) is 36.5 Å². The molecule has 0 unspecified atom stereocenters. The Morgan fingerprint density at radius 1 is 1.00 bits per heavy atom. The second-order valence-corrected chi connectivity index (χ2v) is 7.52. The lowest BCUT2D eigenvalue weighted by molar-refractivity contribution is -0.0424. The Labute approximate surface area is 160 Å². The lowest BCUT2D eigenvalue weighted by Crippen LogP contribution is -2.33. The third-order valence-electron chi connectivity index (χ3n) is 5.37. The van der Waals surface area contributed by atoms with Gasteiger partial charge in [0.15, 0.2) is 6.23 Å². The minimum Gasteiger partial charge on any atom is -0.377 e. The van der Waals surface area contributed by atoms with Crippen molar-refractivity contribution in [2.75, 3.05) is 19.8 Å². The van der Waals surface area contributed by atoms with Crippen molar-refractivity contribution in [1.82, 2.24) is 14.7 Å². The van der Waals surface area contributed by atoms with Gasteiger partial charge in [0.05, 0.1) is 11.8 Å². The first-order valence-corrected chi connectivity index (χ1v) is 10.0. The normalized spacial score (nSPS) is 23.2. The van der Waals surface area contributed by atoms with E-state index < -0.39 is 0 Å². The van der Waals surface area contributed by atoms with Crippen molar-refractivity contribution >= 4 is 0 Å². The van der Waals surface area contributed by atoms with Gasteiger partial charge in [-0.1, -0.05) is 12.1 Å². The molecule has 2 aromatic rings. The van der Waals surface area contributed by atoms with Gasteiger partial charge in [0.2, 0.25) is 0 Å². The van der Waals surface area contributed by atoms with E-state index in [0.717, 1.165) is 69.8 Å². The monoisotopic (exact) mass is 373 g/mol. The van der Waals surface area contributed by atoms with Gasteiger partial charge in [-0.15, -0.1) is 0 Å². The van der Waals surface area contributed by atoms with Crippen LogP contribution < -0.4 is 0 Å². The smallest absolute Gasteiger partial charge is 0.150 e. The molecule has 6 heteroatoms. The third-order valence-corrected chi connectivity index (χ3v) is 5.37. The molecule has 2 aliphatic heterocycles. The molecule has 0 amide bonds. The van der Waals surface area contributed by atoms with E-state index in [1.807, 2.05) is 23.0 Å². The van der Waals surface area contributed by atoms with Gasteiger partial charge in [0, 0.05) is 39.0 Å². The van der Waals surface area contributed by atoms with Crippen LogP contribution in [0.4, 0.5) is 4.39 Å². The Kier molecular flexibility index (Phi) is 6.17. The first-order chi connectivity index (χ1) is 13.3. The summed E-state index contributed by atoms with van der Waals surface area (Å²) in [6, 6.07) is 8.85. The fourth-order valence-corrected chi connectivity index (χ4v) is 3.98. The van der Waals surface area contributed by atoms with Gasteiger partial charge in [-0.2, -0.15) is 5.10 Å². The molecule has 0 bridgehead atoms. The molecule has 1 aromatic carbocycles. The Balaban J connectivity index is 1.48. The molecule has 2 atom stereocenters. The van der Waals surface area contributed by atoms with Gasteiger partial charge >= 0.3 is 0 Å². The summed E-state index contributed by atoms with van der Waals surface area (Å²) >= 11 is 0. The molecule has 2 fully saturated rings. The van der Waals surface area contributed by atoms with Crippen molar-refractivity contribution < 1.29 is 13.9 Å². The number of rotatable bonds is 7. The lowest BCUT2D eigenvalue weighted by atomic mass is 10.1. The topological polar surface area (TPSA) is 39.5 Å². The summed E-state index contributed by atoms with van der Waals surface area (Å²) in [6.07, 6.45) is 7.72. The van der Waals surface area contributed by atoms with Crippen LogP contribution in [0.2, 0.25) is 0 Å². The number of halogens is 1. The van der Waals surface area contributed by atoms with Crippen molar-refractivity contribution in [2.45, 2.75) is 57.5 Å². The number of hydrogen-bond donors (Lipinski definition) is 0. The van der Waals surface area contributed by atoms with E-state index in [1.165, 1.54) is 18.6 Å². The largest absolute Gasteiger partial charge is 0.377 e. The van der Waals surface area contributed by atoms with Crippen molar-refractivity contribution in [3.8, 4) is 0 Å². The van der Waals surface area contributed by atoms with Gasteiger partial charge < -0.3 is 9.47 Å². The number of nitrogens with zero attached hydrogens (tertiary/aromatic N) is 3. The average molecular weight is 373 g/mol. The van der Waals surface area contributed by atoms with Crippen LogP contribution in [-0.2, 0) is 22.6 Å². The second-order valence-electron chi connectivity index (χ2n) is 7.52. The van der Waals surface area contributed by atoms with Gasteiger partial charge in [0.25, 0.3) is 0 Å². The van der Waals surface area contributed by atoms with Gasteiger partial charge in [-0.05, 0) is 55.9 Å². The lowest BCUT2D eigenvalue weighted by Gasteiger charge is -2.28. The highest BCUT2D eigenvalue weighted by Gasteiger charge is 2.23. The number of aromatic nitrogens is 2. The van der Waals surface area contributed by atoms with Crippen LogP contribution in [-0.4, -0.2) is 40.5 Å². The molecule has 0 aliphatic carbocycles. The van der Waals surface area contributed by atoms with Gasteiger partial charge in [-0.3, -0.25) is 4.90 Å². The van der Waals surface area contributed by atoms with Crippen molar-refractivity contribution in [1.29, 1.82) is 0 Å². The van der Waals surface area contributed by atoms with E-state index in [9.17, 15) is 4.39 Å². The molecule has 2 saturated heterocycles. The van der Waals surface area contributed by atoms with Crippen molar-refractivity contribution in [3.05, 3.63) is 53.6 Å². The SMILES string of the molecule is Fc1ccc(CN(Cc2ccnn2[C@H]2CCCCO2)C[C@@H]2CCCO2)cc1. The fourth-order valence-electron chi connectivity index (χ4n) is 3.98. The second kappa shape index (κ2) is 8.95. The van der Waals surface area contributed by atoms with Gasteiger partial charge in [0.1, 0.15) is 5.82 Å². The number of ether oxygens (including phenoxy) is 2. The molecule has 5 nitrogen and oxygen atoms in total. The number of hydrogen-bond acceptors (Lipinski definition) is 4. The van der Waals surface area contributed by atoms with Crippen LogP contribution in [0.3, 0.4) is 0 Å². The summed E-state index contributed by atoms with van der Waals surface area (Å²) in [4.78, 5) is 2.37. The van der Waals surface area contributed by atoms with Crippen molar-refractivity contribution in [2.24, 2.45) is 0 Å². The molecular weight excluding hydrogens is 345 g/mol. The fraction of sp³-hybridized carbons (Fsp3) is 0.571. The van der Waals surface area contributed by atoms with Crippen LogP contribution >= 0.6 is 0 Å². The summed E-state index contributed by atoms with van der Waals surface area (Å²) in [5, 5.41) is 4.53. The maximum atomic E-state index is 13.3. The predicted molar refractivity (Wildman–Crippen MR) is 101 cm³/mol. The molecule has 146 valence electrons. The number of benzene rings is 1. The predicted octanol–water partition coefficient (Wildman–Crippen LogP) is 3.90. The molecule has 3 heterocycles. The standard InChI is InChI=1S/C21H28FN3O2/c22-18-8-6-17(7-9-18)14-24(16-20-4-3-13-26-20)15-19-10-11-23-25(19)21-5-1-2-12-27-21/h6-11,20-21H,1-5,12-16H2/t20-,21+/m0/s1. The summed E-state index contributed by atoms with van der Waals surface area (Å²) < 4.78 is 27.1. The summed E-state index contributed by atoms with van der Waals surface area (Å²) in [7, 11) is 0. The van der Waals surface area contributed by atoms with Crippen LogP contribution in [0.1, 0.15) is 49.6 Å². The molecule has 2 aliphatic rings. The molecule has 0 spiro atoms. The summed E-state index contributed by atoms with van der Waals surface area (Å²) in [5.41, 5.74) is 2.26. The van der Waals surface area contributed by atoms with E-state index in [4.69, 9.17) is 9.47 Å².